The van der Waals surface area contributed by atoms with Gasteiger partial charge in [0.15, 0.2) is 0 Å². The Hall–Kier alpha value is -1.39. The third kappa shape index (κ3) is 2.40. The lowest BCUT2D eigenvalue weighted by Crippen LogP contribution is -2.43. The van der Waals surface area contributed by atoms with Gasteiger partial charge in [-0.3, -0.25) is 9.59 Å². The molecule has 0 saturated heterocycles. The number of hydrogen-bond donors (Lipinski definition) is 2. The van der Waals surface area contributed by atoms with Crippen molar-refractivity contribution in [2.75, 3.05) is 6.54 Å². The van der Waals surface area contributed by atoms with Crippen molar-refractivity contribution in [3.8, 4) is 0 Å². The molecule has 0 unspecified atom stereocenters. The maximum Gasteiger partial charge on any atom is 0.267 e. The van der Waals surface area contributed by atoms with Crippen LogP contribution in [-0.4, -0.2) is 24.1 Å². The molecule has 2 aliphatic rings. The van der Waals surface area contributed by atoms with Gasteiger partial charge in [-0.15, -0.1) is 0 Å². The van der Waals surface area contributed by atoms with Gasteiger partial charge in [0.05, 0.1) is 0 Å². The van der Waals surface area contributed by atoms with E-state index in [1.54, 1.807) is 0 Å². The molecule has 88 valence electrons. The highest BCUT2D eigenvalue weighted by molar-refractivity contribution is 6.39. The number of rotatable bonds is 3. The molecule has 5 heteroatoms. The fourth-order valence-corrected chi connectivity index (χ4v) is 1.99. The molecule has 1 saturated carbocycles. The fraction of sp³-hybridized carbons (Fsp3) is 0.727. The monoisotopic (exact) mass is 223 g/mol. The maximum absolute atomic E-state index is 11.7. The van der Waals surface area contributed by atoms with Crippen LogP contribution in [0, 0.1) is 5.41 Å². The van der Waals surface area contributed by atoms with E-state index in [1.165, 1.54) is 19.3 Å². The van der Waals surface area contributed by atoms with Crippen molar-refractivity contribution in [2.45, 2.75) is 39.0 Å². The molecule has 2 rings (SSSR count). The first kappa shape index (κ1) is 11.1. The molecule has 1 heterocycles. The molecule has 0 radical (unpaired) electrons. The summed E-state index contributed by atoms with van der Waals surface area (Å²) >= 11 is 0. The molecule has 0 atom stereocenters. The highest BCUT2D eigenvalue weighted by Crippen LogP contribution is 2.39. The van der Waals surface area contributed by atoms with E-state index in [2.05, 4.69) is 22.8 Å². The predicted octanol–water partition coefficient (Wildman–Crippen LogP) is 0.559. The van der Waals surface area contributed by atoms with E-state index < -0.39 is 0 Å². The molecule has 16 heavy (non-hydrogen) atoms. The number of carbonyl (C=O) groups is 2. The molecule has 1 fully saturated rings. The molecule has 0 aromatic heterocycles. The topological polar surface area (TPSA) is 70.6 Å². The second kappa shape index (κ2) is 4.23. The van der Waals surface area contributed by atoms with Crippen molar-refractivity contribution in [1.29, 1.82) is 0 Å². The van der Waals surface area contributed by atoms with E-state index in [-0.39, 0.29) is 17.2 Å². The smallest absolute Gasteiger partial charge is 0.267 e. The van der Waals surface area contributed by atoms with Crippen molar-refractivity contribution in [1.82, 2.24) is 10.7 Å². The van der Waals surface area contributed by atoms with E-state index in [0.29, 0.717) is 25.1 Å². The zero-order valence-electron chi connectivity index (χ0n) is 9.51. The summed E-state index contributed by atoms with van der Waals surface area (Å²) in [5, 5.41) is 6.65. The minimum Gasteiger partial charge on any atom is -0.350 e. The van der Waals surface area contributed by atoms with Gasteiger partial charge in [-0.25, -0.2) is 5.43 Å². The van der Waals surface area contributed by atoms with Crippen LogP contribution in [0.2, 0.25) is 0 Å². The number of hydrazone groups is 1. The summed E-state index contributed by atoms with van der Waals surface area (Å²) < 4.78 is 0. The third-order valence-electron chi connectivity index (χ3n) is 3.40. The van der Waals surface area contributed by atoms with Gasteiger partial charge in [-0.2, -0.15) is 5.10 Å². The quantitative estimate of drug-likeness (QED) is 0.734. The summed E-state index contributed by atoms with van der Waals surface area (Å²) in [4.78, 5) is 22.6. The zero-order valence-corrected chi connectivity index (χ0v) is 9.51. The number of hydrogen-bond acceptors (Lipinski definition) is 3. The van der Waals surface area contributed by atoms with Crippen LogP contribution in [0.25, 0.3) is 0 Å². The molecular formula is C11H17N3O2. The number of nitrogens with one attached hydrogen (secondary N) is 2. The van der Waals surface area contributed by atoms with Gasteiger partial charge in [-0.1, -0.05) is 13.3 Å². The normalized spacial score (nSPS) is 22.8. The van der Waals surface area contributed by atoms with Crippen molar-refractivity contribution in [3.05, 3.63) is 0 Å². The molecule has 0 spiro atoms. The predicted molar refractivity (Wildman–Crippen MR) is 59.8 cm³/mol. The van der Waals surface area contributed by atoms with Crippen LogP contribution in [0.1, 0.15) is 39.0 Å². The average molecular weight is 223 g/mol. The SMILES string of the molecule is CC1(CNC(=O)C2=NNC(=O)CC2)CCC1. The highest BCUT2D eigenvalue weighted by atomic mass is 16.2. The lowest BCUT2D eigenvalue weighted by Gasteiger charge is -2.38. The van der Waals surface area contributed by atoms with E-state index in [0.717, 1.165) is 0 Å². The number of nitrogens with zero attached hydrogens (tertiary/aromatic N) is 1. The summed E-state index contributed by atoms with van der Waals surface area (Å²) in [6.45, 7) is 2.89. The second-order valence-electron chi connectivity index (χ2n) is 4.94. The number of carbonyl (C=O) groups excluding carboxylic acids is 2. The summed E-state index contributed by atoms with van der Waals surface area (Å²) in [5.74, 6) is -0.268. The Kier molecular flexibility index (Phi) is 2.94. The average Bonchev–Trinajstić information content (AvgIpc) is 2.24. The fourth-order valence-electron chi connectivity index (χ4n) is 1.99. The molecule has 2 N–H and O–H groups in total. The van der Waals surface area contributed by atoms with Gasteiger partial charge in [-0.05, 0) is 18.3 Å². The summed E-state index contributed by atoms with van der Waals surface area (Å²) in [7, 11) is 0. The molecule has 1 aliphatic heterocycles. The maximum atomic E-state index is 11.7. The molecule has 0 bridgehead atoms. The van der Waals surface area contributed by atoms with Gasteiger partial charge < -0.3 is 5.32 Å². The first-order chi connectivity index (χ1) is 7.59. The lowest BCUT2D eigenvalue weighted by atomic mass is 9.70. The first-order valence-electron chi connectivity index (χ1n) is 5.73. The van der Waals surface area contributed by atoms with Crippen molar-refractivity contribution in [2.24, 2.45) is 10.5 Å². The van der Waals surface area contributed by atoms with E-state index in [9.17, 15) is 9.59 Å². The first-order valence-corrected chi connectivity index (χ1v) is 5.73. The van der Waals surface area contributed by atoms with Gasteiger partial charge in [0.2, 0.25) is 5.91 Å². The van der Waals surface area contributed by atoms with Crippen molar-refractivity contribution < 1.29 is 9.59 Å². The Labute approximate surface area is 94.7 Å². The largest absolute Gasteiger partial charge is 0.350 e. The minimum atomic E-state index is -0.145. The van der Waals surface area contributed by atoms with Crippen LogP contribution in [0.15, 0.2) is 5.10 Å². The second-order valence-corrected chi connectivity index (χ2v) is 4.94. The van der Waals surface area contributed by atoms with Gasteiger partial charge in [0.25, 0.3) is 5.91 Å². The van der Waals surface area contributed by atoms with Crippen LogP contribution in [0.4, 0.5) is 0 Å². The van der Waals surface area contributed by atoms with E-state index in [4.69, 9.17) is 0 Å². The summed E-state index contributed by atoms with van der Waals surface area (Å²) in [6.07, 6.45) is 4.40. The minimum absolute atomic E-state index is 0.123. The van der Waals surface area contributed by atoms with E-state index >= 15 is 0 Å². The van der Waals surface area contributed by atoms with Gasteiger partial charge in [0.1, 0.15) is 5.71 Å². The Morgan fingerprint density at radius 2 is 2.25 bits per heavy atom. The standard InChI is InChI=1S/C11H17N3O2/c1-11(5-2-6-11)7-12-10(16)8-3-4-9(15)14-13-8/h2-7H2,1H3,(H,12,16)(H,14,15). The molecule has 5 nitrogen and oxygen atoms in total. The van der Waals surface area contributed by atoms with Crippen LogP contribution in [-0.2, 0) is 9.59 Å². The van der Waals surface area contributed by atoms with E-state index in [1.807, 2.05) is 0 Å². The van der Waals surface area contributed by atoms with Crippen molar-refractivity contribution in [3.63, 3.8) is 0 Å². The molecule has 1 aliphatic carbocycles. The van der Waals surface area contributed by atoms with Crippen molar-refractivity contribution >= 4 is 17.5 Å². The molecular weight excluding hydrogens is 206 g/mol. The Morgan fingerprint density at radius 3 is 2.75 bits per heavy atom. The molecule has 0 aromatic rings. The summed E-state index contributed by atoms with van der Waals surface area (Å²) in [6, 6.07) is 0. The van der Waals surface area contributed by atoms with Crippen LogP contribution in [0.5, 0.6) is 0 Å². The van der Waals surface area contributed by atoms with Gasteiger partial charge in [0, 0.05) is 19.4 Å². The summed E-state index contributed by atoms with van der Waals surface area (Å²) in [5.41, 5.74) is 3.03. The highest BCUT2D eigenvalue weighted by Gasteiger charge is 2.32. The molecule has 0 aromatic carbocycles. The molecule has 2 amide bonds. The van der Waals surface area contributed by atoms with Crippen LogP contribution < -0.4 is 10.7 Å². The Bertz CT molecular complexity index is 345. The zero-order chi connectivity index (χ0) is 11.6. The Morgan fingerprint density at radius 1 is 1.50 bits per heavy atom. The van der Waals surface area contributed by atoms with Crippen LogP contribution in [0.3, 0.4) is 0 Å². The Balaban J connectivity index is 1.81. The number of amides is 2. The van der Waals surface area contributed by atoms with Crippen LogP contribution >= 0.6 is 0 Å². The lowest BCUT2D eigenvalue weighted by molar-refractivity contribution is -0.121. The third-order valence-corrected chi connectivity index (χ3v) is 3.40. The van der Waals surface area contributed by atoms with Gasteiger partial charge >= 0.3 is 0 Å².